The first-order valence-electron chi connectivity index (χ1n) is 13.9. The fraction of sp³-hybridized carbons (Fsp3) is 0.367. The maximum Gasteiger partial charge on any atom is 0.320 e. The number of hydrogen-bond acceptors (Lipinski definition) is 5. The quantitative estimate of drug-likeness (QED) is 0.344. The number of para-hydroxylation sites is 1. The van der Waals surface area contributed by atoms with E-state index in [4.69, 9.17) is 9.84 Å². The number of rotatable bonds is 7. The predicted molar refractivity (Wildman–Crippen MR) is 151 cm³/mol. The van der Waals surface area contributed by atoms with Gasteiger partial charge in [0.15, 0.2) is 11.6 Å². The molecule has 4 heterocycles. The first kappa shape index (κ1) is 27.1. The van der Waals surface area contributed by atoms with E-state index in [2.05, 4.69) is 20.6 Å². The van der Waals surface area contributed by atoms with E-state index in [0.29, 0.717) is 30.2 Å². The molecule has 0 saturated carbocycles. The average molecular weight is 562 g/mol. The van der Waals surface area contributed by atoms with E-state index >= 15 is 0 Å². The minimum Gasteiger partial charge on any atom is -0.377 e. The number of benzene rings is 2. The average Bonchev–Trinajstić information content (AvgIpc) is 3.76. The van der Waals surface area contributed by atoms with Crippen LogP contribution in [0.5, 0.6) is 0 Å². The molecule has 3 atom stereocenters. The monoisotopic (exact) mass is 561 g/mol. The SMILES string of the molecule is Cc1c(-c2cnn(C)c2)nn(-c2ccccc2)c1NC(=O)N[C@@H]1CN(CC2CCCO2)C[C@H]1c1ccc(F)c(F)c1. The van der Waals surface area contributed by atoms with Crippen LogP contribution in [0.25, 0.3) is 16.9 Å². The molecule has 2 aliphatic rings. The van der Waals surface area contributed by atoms with E-state index in [-0.39, 0.29) is 18.1 Å². The third-order valence-electron chi connectivity index (χ3n) is 7.90. The van der Waals surface area contributed by atoms with E-state index in [1.165, 1.54) is 6.07 Å². The van der Waals surface area contributed by atoms with Crippen LogP contribution >= 0.6 is 0 Å². The summed E-state index contributed by atoms with van der Waals surface area (Å²) in [4.78, 5) is 15.8. The summed E-state index contributed by atoms with van der Waals surface area (Å²) in [5.41, 5.74) is 3.78. The summed E-state index contributed by atoms with van der Waals surface area (Å²) in [6, 6.07) is 12.8. The molecule has 4 aromatic rings. The van der Waals surface area contributed by atoms with Gasteiger partial charge in [0.05, 0.1) is 24.0 Å². The molecule has 2 N–H and O–H groups in total. The second-order valence-electron chi connectivity index (χ2n) is 10.8. The zero-order valence-electron chi connectivity index (χ0n) is 23.1. The molecule has 1 unspecified atom stereocenters. The molecule has 0 aliphatic carbocycles. The van der Waals surface area contributed by atoms with Crippen molar-refractivity contribution in [2.45, 2.75) is 37.8 Å². The van der Waals surface area contributed by atoms with Crippen LogP contribution in [-0.2, 0) is 11.8 Å². The van der Waals surface area contributed by atoms with Gasteiger partial charge in [0, 0.05) is 56.5 Å². The third-order valence-corrected chi connectivity index (χ3v) is 7.90. The van der Waals surface area contributed by atoms with Crippen LogP contribution in [0.2, 0.25) is 0 Å². The summed E-state index contributed by atoms with van der Waals surface area (Å²) in [5, 5.41) is 15.2. The van der Waals surface area contributed by atoms with E-state index in [1.54, 1.807) is 21.6 Å². The largest absolute Gasteiger partial charge is 0.377 e. The second-order valence-corrected chi connectivity index (χ2v) is 10.8. The molecule has 11 heteroatoms. The molecular formula is C30H33F2N7O2. The molecule has 6 rings (SSSR count). The van der Waals surface area contributed by atoms with Gasteiger partial charge in [0.1, 0.15) is 11.5 Å². The van der Waals surface area contributed by atoms with Crippen LogP contribution in [0.4, 0.5) is 19.4 Å². The summed E-state index contributed by atoms with van der Waals surface area (Å²) >= 11 is 0. The zero-order valence-corrected chi connectivity index (χ0v) is 23.1. The molecule has 2 saturated heterocycles. The summed E-state index contributed by atoms with van der Waals surface area (Å²) in [6.07, 6.45) is 5.78. The molecule has 0 spiro atoms. The number of nitrogens with zero attached hydrogens (tertiary/aromatic N) is 5. The number of carbonyl (C=O) groups is 1. The number of carbonyl (C=O) groups excluding carboxylic acids is 1. The second kappa shape index (κ2) is 11.4. The van der Waals surface area contributed by atoms with E-state index in [1.807, 2.05) is 50.5 Å². The highest BCUT2D eigenvalue weighted by atomic mass is 19.2. The summed E-state index contributed by atoms with van der Waals surface area (Å²) in [5.74, 6) is -1.47. The van der Waals surface area contributed by atoms with E-state index in [0.717, 1.165) is 48.9 Å². The Labute approximate surface area is 237 Å². The van der Waals surface area contributed by atoms with Crippen molar-refractivity contribution in [2.75, 3.05) is 31.6 Å². The molecule has 2 amide bonds. The smallest absolute Gasteiger partial charge is 0.320 e. The molecular weight excluding hydrogens is 528 g/mol. The molecule has 0 bridgehead atoms. The van der Waals surface area contributed by atoms with Crippen molar-refractivity contribution in [3.8, 4) is 16.9 Å². The van der Waals surface area contributed by atoms with E-state index in [9.17, 15) is 13.6 Å². The van der Waals surface area contributed by atoms with Gasteiger partial charge in [0.2, 0.25) is 0 Å². The third kappa shape index (κ3) is 5.73. The number of amides is 2. The number of anilines is 1. The number of halogens is 2. The lowest BCUT2D eigenvalue weighted by Crippen LogP contribution is -2.43. The summed E-state index contributed by atoms with van der Waals surface area (Å²) < 4.78 is 37.2. The Kier molecular flexibility index (Phi) is 7.55. The Morgan fingerprint density at radius 3 is 2.66 bits per heavy atom. The van der Waals surface area contributed by atoms with Crippen LogP contribution in [0.1, 0.15) is 29.9 Å². The minimum absolute atomic E-state index is 0.141. The van der Waals surface area contributed by atoms with Crippen LogP contribution in [0.3, 0.4) is 0 Å². The van der Waals surface area contributed by atoms with Crippen molar-refractivity contribution < 1.29 is 18.3 Å². The van der Waals surface area contributed by atoms with E-state index < -0.39 is 17.7 Å². The molecule has 2 aliphatic heterocycles. The summed E-state index contributed by atoms with van der Waals surface area (Å²) in [6.45, 7) is 4.56. The zero-order chi connectivity index (χ0) is 28.5. The Balaban J connectivity index is 1.26. The van der Waals surface area contributed by atoms with Crippen molar-refractivity contribution in [2.24, 2.45) is 7.05 Å². The van der Waals surface area contributed by atoms with Crippen molar-refractivity contribution in [3.63, 3.8) is 0 Å². The van der Waals surface area contributed by atoms with Crippen molar-refractivity contribution in [1.29, 1.82) is 0 Å². The van der Waals surface area contributed by atoms with Crippen molar-refractivity contribution in [1.82, 2.24) is 29.8 Å². The number of aromatic nitrogens is 4. The van der Waals surface area contributed by atoms with Gasteiger partial charge in [-0.15, -0.1) is 0 Å². The van der Waals surface area contributed by atoms with Gasteiger partial charge in [-0.2, -0.15) is 10.2 Å². The van der Waals surface area contributed by atoms with Crippen LogP contribution in [0.15, 0.2) is 60.9 Å². The number of aryl methyl sites for hydroxylation is 1. The van der Waals surface area contributed by atoms with Crippen molar-refractivity contribution in [3.05, 3.63) is 83.7 Å². The van der Waals surface area contributed by atoms with Crippen LogP contribution in [0, 0.1) is 18.6 Å². The molecule has 2 aromatic heterocycles. The highest BCUT2D eigenvalue weighted by Gasteiger charge is 2.37. The lowest BCUT2D eigenvalue weighted by atomic mass is 9.94. The molecule has 2 fully saturated rings. The van der Waals surface area contributed by atoms with Crippen LogP contribution in [-0.4, -0.2) is 68.9 Å². The number of nitrogens with one attached hydrogen (secondary N) is 2. The van der Waals surface area contributed by atoms with Gasteiger partial charge in [0.25, 0.3) is 0 Å². The maximum atomic E-state index is 14.2. The van der Waals surface area contributed by atoms with Gasteiger partial charge < -0.3 is 10.1 Å². The highest BCUT2D eigenvalue weighted by Crippen LogP contribution is 2.32. The van der Waals surface area contributed by atoms with Gasteiger partial charge in [-0.05, 0) is 49.6 Å². The van der Waals surface area contributed by atoms with Gasteiger partial charge in [-0.25, -0.2) is 18.3 Å². The minimum atomic E-state index is -0.895. The van der Waals surface area contributed by atoms with Gasteiger partial charge in [-0.3, -0.25) is 14.9 Å². The predicted octanol–water partition coefficient (Wildman–Crippen LogP) is 4.63. The molecule has 214 valence electrons. The maximum absolute atomic E-state index is 14.2. The topological polar surface area (TPSA) is 89.2 Å². The normalized spacial score (nSPS) is 20.9. The number of likely N-dealkylation sites (tertiary alicyclic amines) is 1. The number of ether oxygens (including phenoxy) is 1. The first-order valence-corrected chi connectivity index (χ1v) is 13.9. The number of hydrogen-bond donors (Lipinski definition) is 2. The van der Waals surface area contributed by atoms with Crippen molar-refractivity contribution >= 4 is 11.8 Å². The van der Waals surface area contributed by atoms with Gasteiger partial charge >= 0.3 is 6.03 Å². The summed E-state index contributed by atoms with van der Waals surface area (Å²) in [7, 11) is 1.84. The molecule has 9 nitrogen and oxygen atoms in total. The molecule has 41 heavy (non-hydrogen) atoms. The Bertz CT molecular complexity index is 1530. The Hall–Kier alpha value is -4.09. The number of urea groups is 1. The molecule has 0 radical (unpaired) electrons. The Morgan fingerprint density at radius 1 is 1.12 bits per heavy atom. The Morgan fingerprint density at radius 2 is 1.95 bits per heavy atom. The lowest BCUT2D eigenvalue weighted by Gasteiger charge is -2.21. The fourth-order valence-corrected chi connectivity index (χ4v) is 5.87. The first-order chi connectivity index (χ1) is 19.9. The fourth-order valence-electron chi connectivity index (χ4n) is 5.87. The highest BCUT2D eigenvalue weighted by molar-refractivity contribution is 5.91. The lowest BCUT2D eigenvalue weighted by molar-refractivity contribution is 0.0799. The van der Waals surface area contributed by atoms with Crippen LogP contribution < -0.4 is 10.6 Å². The standard InChI is InChI=1S/C30H33F2N7O2/c1-19-28(21-14-33-37(2)15-21)36-39(22-7-4-3-5-8-22)29(19)35-30(40)34-27-18-38(16-23-9-6-12-41-23)17-24(27)20-10-11-25(31)26(32)13-20/h3-5,7-8,10-11,13-15,23-24,27H,6,9,12,16-18H2,1-2H3,(H2,34,35,40)/t23?,24-,27+/m0/s1. The molecule has 2 aromatic carbocycles. The van der Waals surface area contributed by atoms with Gasteiger partial charge in [-0.1, -0.05) is 24.3 Å².